The van der Waals surface area contributed by atoms with E-state index in [1.165, 1.54) is 6.08 Å². The number of carbonyl (C=O) groups excluding carboxylic acids is 1. The number of ether oxygens (including phenoxy) is 1. The summed E-state index contributed by atoms with van der Waals surface area (Å²) in [7, 11) is 3.66. The van der Waals surface area contributed by atoms with Crippen molar-refractivity contribution in [1.82, 2.24) is 14.9 Å². The number of halogens is 3. The van der Waals surface area contributed by atoms with E-state index in [1.54, 1.807) is 29.4 Å². The number of allylic oxidation sites excluding steroid dienone is 3. The zero-order valence-electron chi connectivity index (χ0n) is 18.2. The van der Waals surface area contributed by atoms with Crippen LogP contribution in [0.1, 0.15) is 28.7 Å². The Morgan fingerprint density at radius 2 is 2.00 bits per heavy atom. The smallest absolute Gasteiger partial charge is 0.205 e. The first-order valence-electron chi connectivity index (χ1n) is 9.78. The van der Waals surface area contributed by atoms with Gasteiger partial charge >= 0.3 is 0 Å². The molecule has 1 aliphatic heterocycles. The fourth-order valence-electron chi connectivity index (χ4n) is 3.02. The highest BCUT2D eigenvalue weighted by Crippen LogP contribution is 2.31. The van der Waals surface area contributed by atoms with Gasteiger partial charge in [-0.1, -0.05) is 11.6 Å². The summed E-state index contributed by atoms with van der Waals surface area (Å²) in [6, 6.07) is 2.48. The van der Waals surface area contributed by atoms with E-state index in [-0.39, 0.29) is 18.1 Å². The number of pyridine rings is 2. The lowest BCUT2D eigenvalue weighted by Gasteiger charge is -2.31. The second-order valence-corrected chi connectivity index (χ2v) is 7.97. The standard InChI is InChI=1S/C23H23ClF2N4O2/c1-14-10-27-19(22(31)5-6-29(3)4)9-21(14)30-12-17(24)23(7-15(30)2)32-13-20-18(26)8-16(25)11-28-20/h5-11H,12-13H2,1-4H3. The van der Waals surface area contributed by atoms with Crippen LogP contribution in [0.3, 0.4) is 0 Å². The maximum Gasteiger partial charge on any atom is 0.205 e. The third-order valence-corrected chi connectivity index (χ3v) is 5.03. The normalized spacial score (nSPS) is 14.1. The van der Waals surface area contributed by atoms with Crippen LogP contribution in [0.2, 0.25) is 0 Å². The summed E-state index contributed by atoms with van der Waals surface area (Å²) in [5.74, 6) is -1.37. The number of nitrogens with zero attached hydrogens (tertiary/aromatic N) is 4. The van der Waals surface area contributed by atoms with Crippen LogP contribution in [-0.4, -0.2) is 41.3 Å². The Morgan fingerprint density at radius 1 is 1.25 bits per heavy atom. The van der Waals surface area contributed by atoms with E-state index in [9.17, 15) is 13.6 Å². The lowest BCUT2D eigenvalue weighted by atomic mass is 10.1. The highest BCUT2D eigenvalue weighted by molar-refractivity contribution is 6.30. The number of rotatable bonds is 7. The highest BCUT2D eigenvalue weighted by atomic mass is 35.5. The molecule has 0 N–H and O–H groups in total. The molecule has 0 amide bonds. The SMILES string of the molecule is CC1=CC(OCc2ncc(F)cc2F)=C(Cl)CN1c1cc(C(=O)C=CN(C)C)ncc1C. The summed E-state index contributed by atoms with van der Waals surface area (Å²) in [4.78, 5) is 24.1. The van der Waals surface area contributed by atoms with E-state index in [4.69, 9.17) is 16.3 Å². The van der Waals surface area contributed by atoms with E-state index >= 15 is 0 Å². The molecule has 0 aromatic carbocycles. The molecule has 0 saturated heterocycles. The minimum atomic E-state index is -0.784. The van der Waals surface area contributed by atoms with Gasteiger partial charge in [-0.2, -0.15) is 0 Å². The van der Waals surface area contributed by atoms with E-state index in [0.717, 1.165) is 29.2 Å². The Balaban J connectivity index is 1.79. The molecule has 3 heterocycles. The summed E-state index contributed by atoms with van der Waals surface area (Å²) in [5.41, 5.74) is 2.77. The Morgan fingerprint density at radius 3 is 2.69 bits per heavy atom. The first-order valence-corrected chi connectivity index (χ1v) is 10.2. The van der Waals surface area contributed by atoms with Crippen LogP contribution in [0.4, 0.5) is 14.5 Å². The molecule has 9 heteroatoms. The van der Waals surface area contributed by atoms with Gasteiger partial charge in [0.1, 0.15) is 29.6 Å². The van der Waals surface area contributed by atoms with Crippen molar-refractivity contribution < 1.29 is 18.3 Å². The fourth-order valence-corrected chi connectivity index (χ4v) is 3.25. The monoisotopic (exact) mass is 460 g/mol. The molecule has 1 aliphatic rings. The zero-order chi connectivity index (χ0) is 23.4. The van der Waals surface area contributed by atoms with Gasteiger partial charge in [0.25, 0.3) is 0 Å². The van der Waals surface area contributed by atoms with Crippen molar-refractivity contribution in [2.24, 2.45) is 0 Å². The number of hydrogen-bond donors (Lipinski definition) is 0. The minimum Gasteiger partial charge on any atom is -0.486 e. The molecule has 0 bridgehead atoms. The van der Waals surface area contributed by atoms with Gasteiger partial charge in [0.2, 0.25) is 5.78 Å². The van der Waals surface area contributed by atoms with Crippen LogP contribution in [0, 0.1) is 18.6 Å². The van der Waals surface area contributed by atoms with Gasteiger partial charge in [0.15, 0.2) is 5.82 Å². The average Bonchev–Trinajstić information content (AvgIpc) is 2.73. The summed E-state index contributed by atoms with van der Waals surface area (Å²) >= 11 is 6.46. The molecule has 6 nitrogen and oxygen atoms in total. The first kappa shape index (κ1) is 23.4. The van der Waals surface area contributed by atoms with E-state index in [2.05, 4.69) is 9.97 Å². The molecular formula is C23H23ClF2N4O2. The van der Waals surface area contributed by atoms with Crippen LogP contribution in [0.5, 0.6) is 0 Å². The summed E-state index contributed by atoms with van der Waals surface area (Å²) in [6.07, 6.45) is 7.42. The number of anilines is 1. The van der Waals surface area contributed by atoms with Gasteiger partial charge in [0, 0.05) is 56.1 Å². The van der Waals surface area contributed by atoms with Crippen molar-refractivity contribution >= 4 is 23.1 Å². The van der Waals surface area contributed by atoms with Gasteiger partial charge in [-0.25, -0.2) is 8.78 Å². The molecule has 2 aromatic heterocycles. The lowest BCUT2D eigenvalue weighted by Crippen LogP contribution is -2.27. The predicted molar refractivity (Wildman–Crippen MR) is 119 cm³/mol. The second-order valence-electron chi connectivity index (χ2n) is 7.51. The predicted octanol–water partition coefficient (Wildman–Crippen LogP) is 4.71. The van der Waals surface area contributed by atoms with Crippen LogP contribution in [-0.2, 0) is 11.3 Å². The molecule has 3 rings (SSSR count). The number of aromatic nitrogens is 2. The van der Waals surface area contributed by atoms with E-state index < -0.39 is 11.6 Å². The molecule has 0 aliphatic carbocycles. The molecule has 0 atom stereocenters. The topological polar surface area (TPSA) is 58.6 Å². The van der Waals surface area contributed by atoms with Gasteiger partial charge in [0.05, 0.1) is 17.8 Å². The van der Waals surface area contributed by atoms with E-state index in [1.807, 2.05) is 32.8 Å². The van der Waals surface area contributed by atoms with Gasteiger partial charge < -0.3 is 14.5 Å². The van der Waals surface area contributed by atoms with Crippen molar-refractivity contribution in [3.8, 4) is 0 Å². The quantitative estimate of drug-likeness (QED) is 0.440. The van der Waals surface area contributed by atoms with Crippen molar-refractivity contribution in [3.63, 3.8) is 0 Å². The van der Waals surface area contributed by atoms with Crippen LogP contribution in [0.15, 0.2) is 59.4 Å². The van der Waals surface area contributed by atoms with Gasteiger partial charge in [-0.3, -0.25) is 14.8 Å². The lowest BCUT2D eigenvalue weighted by molar-refractivity contribution is 0.104. The molecule has 32 heavy (non-hydrogen) atoms. The Labute approximate surface area is 190 Å². The fraction of sp³-hybridized carbons (Fsp3) is 0.261. The summed E-state index contributed by atoms with van der Waals surface area (Å²) < 4.78 is 32.5. The Bertz CT molecular complexity index is 1130. The van der Waals surface area contributed by atoms with Crippen LogP contribution < -0.4 is 4.90 Å². The molecule has 2 aromatic rings. The van der Waals surface area contributed by atoms with Crippen LogP contribution >= 0.6 is 11.6 Å². The van der Waals surface area contributed by atoms with Gasteiger partial charge in [-0.05, 0) is 25.5 Å². The van der Waals surface area contributed by atoms with E-state index in [0.29, 0.717) is 23.0 Å². The van der Waals surface area contributed by atoms with Crippen molar-refractivity contribution in [1.29, 1.82) is 0 Å². The average molecular weight is 461 g/mol. The number of ketones is 1. The van der Waals surface area contributed by atoms with Crippen molar-refractivity contribution in [2.45, 2.75) is 20.5 Å². The number of carbonyl (C=O) groups is 1. The summed E-state index contributed by atoms with van der Waals surface area (Å²) in [5, 5.41) is 0.398. The third-order valence-electron chi connectivity index (χ3n) is 4.72. The molecule has 168 valence electrons. The third kappa shape index (κ3) is 5.50. The van der Waals surface area contributed by atoms with Crippen molar-refractivity contribution in [2.75, 3.05) is 25.5 Å². The zero-order valence-corrected chi connectivity index (χ0v) is 19.0. The molecular weight excluding hydrogens is 438 g/mol. The second kappa shape index (κ2) is 9.91. The molecule has 0 spiro atoms. The maximum atomic E-state index is 13.8. The maximum absolute atomic E-state index is 13.8. The molecule has 0 radical (unpaired) electrons. The Hall–Kier alpha value is -3.26. The first-order chi connectivity index (χ1) is 15.2. The minimum absolute atomic E-state index is 0.0178. The van der Waals surface area contributed by atoms with Gasteiger partial charge in [-0.15, -0.1) is 0 Å². The molecule has 0 unspecified atom stereocenters. The number of hydrogen-bond acceptors (Lipinski definition) is 6. The Kier molecular flexibility index (Phi) is 7.25. The molecule has 0 saturated carbocycles. The van der Waals surface area contributed by atoms with Crippen molar-refractivity contribution in [3.05, 3.63) is 88.0 Å². The van der Waals surface area contributed by atoms with Crippen LogP contribution in [0.25, 0.3) is 0 Å². The largest absolute Gasteiger partial charge is 0.486 e. The highest BCUT2D eigenvalue weighted by Gasteiger charge is 2.22. The summed E-state index contributed by atoms with van der Waals surface area (Å²) in [6.45, 7) is 3.88. The molecule has 0 fully saturated rings. The number of aryl methyl sites for hydroxylation is 1.